The first-order valence-corrected chi connectivity index (χ1v) is 5.65. The lowest BCUT2D eigenvalue weighted by Crippen LogP contribution is -2.08. The summed E-state index contributed by atoms with van der Waals surface area (Å²) in [5.74, 6) is -0.604. The van der Waals surface area contributed by atoms with Crippen molar-refractivity contribution >= 4 is 5.97 Å². The standard InChI is InChI=1S/C12H19NO3/c1-3-5-7-15-10-11(9-13)12(14)16-8-6-4-2/h10H,3-8H2,1-2H3/b11-10+. The van der Waals surface area contributed by atoms with E-state index in [0.29, 0.717) is 13.2 Å². The van der Waals surface area contributed by atoms with Crippen LogP contribution in [0.15, 0.2) is 11.8 Å². The van der Waals surface area contributed by atoms with Crippen molar-refractivity contribution in [1.82, 2.24) is 0 Å². The summed E-state index contributed by atoms with van der Waals surface area (Å²) < 4.78 is 9.95. The molecule has 0 aromatic rings. The Morgan fingerprint density at radius 2 is 1.88 bits per heavy atom. The summed E-state index contributed by atoms with van der Waals surface area (Å²) in [5.41, 5.74) is -0.0767. The summed E-state index contributed by atoms with van der Waals surface area (Å²) in [5, 5.41) is 8.71. The van der Waals surface area contributed by atoms with Crippen LogP contribution < -0.4 is 0 Å². The molecule has 0 radical (unpaired) electrons. The third kappa shape index (κ3) is 6.88. The average Bonchev–Trinajstić information content (AvgIpc) is 2.29. The molecule has 0 aromatic carbocycles. The van der Waals surface area contributed by atoms with E-state index in [4.69, 9.17) is 14.7 Å². The SMILES string of the molecule is CCCCO/C=C(\C#N)C(=O)OCCCC. The van der Waals surface area contributed by atoms with Crippen LogP contribution in [-0.4, -0.2) is 19.2 Å². The molecule has 0 aromatic heterocycles. The Balaban J connectivity index is 3.96. The van der Waals surface area contributed by atoms with Crippen LogP contribution in [0.1, 0.15) is 39.5 Å². The van der Waals surface area contributed by atoms with E-state index in [1.807, 2.05) is 13.8 Å². The van der Waals surface area contributed by atoms with Gasteiger partial charge in [0.05, 0.1) is 13.2 Å². The first kappa shape index (κ1) is 14.5. The van der Waals surface area contributed by atoms with E-state index in [1.54, 1.807) is 6.07 Å². The minimum Gasteiger partial charge on any atom is -0.500 e. The van der Waals surface area contributed by atoms with Gasteiger partial charge in [0.25, 0.3) is 0 Å². The van der Waals surface area contributed by atoms with Crippen molar-refractivity contribution < 1.29 is 14.3 Å². The summed E-state index contributed by atoms with van der Waals surface area (Å²) in [7, 11) is 0. The van der Waals surface area contributed by atoms with Gasteiger partial charge < -0.3 is 9.47 Å². The highest BCUT2D eigenvalue weighted by Gasteiger charge is 2.10. The number of nitrogens with zero attached hydrogens (tertiary/aromatic N) is 1. The van der Waals surface area contributed by atoms with Crippen molar-refractivity contribution in [3.05, 3.63) is 11.8 Å². The normalized spacial score (nSPS) is 10.7. The second kappa shape index (κ2) is 10.0. The van der Waals surface area contributed by atoms with Gasteiger partial charge in [0, 0.05) is 0 Å². The Bertz CT molecular complexity index is 266. The van der Waals surface area contributed by atoms with Gasteiger partial charge in [-0.3, -0.25) is 0 Å². The third-order valence-corrected chi connectivity index (χ3v) is 1.89. The molecule has 0 bridgehead atoms. The highest BCUT2D eigenvalue weighted by molar-refractivity contribution is 5.92. The molecule has 0 atom stereocenters. The fourth-order valence-electron chi connectivity index (χ4n) is 0.877. The Morgan fingerprint density at radius 1 is 1.25 bits per heavy atom. The zero-order valence-electron chi connectivity index (χ0n) is 9.99. The zero-order chi connectivity index (χ0) is 12.2. The summed E-state index contributed by atoms with van der Waals surface area (Å²) in [6.07, 6.45) is 4.85. The van der Waals surface area contributed by atoms with Crippen LogP contribution >= 0.6 is 0 Å². The minimum atomic E-state index is -0.604. The van der Waals surface area contributed by atoms with Crippen molar-refractivity contribution in [3.8, 4) is 6.07 Å². The molecule has 0 heterocycles. The maximum atomic E-state index is 11.3. The van der Waals surface area contributed by atoms with Gasteiger partial charge in [0.15, 0.2) is 5.57 Å². The van der Waals surface area contributed by atoms with Crippen LogP contribution in [0.5, 0.6) is 0 Å². The molecule has 0 N–H and O–H groups in total. The summed E-state index contributed by atoms with van der Waals surface area (Å²) in [6.45, 7) is 4.91. The van der Waals surface area contributed by atoms with Gasteiger partial charge in [-0.25, -0.2) is 4.79 Å². The lowest BCUT2D eigenvalue weighted by molar-refractivity contribution is -0.138. The van der Waals surface area contributed by atoms with Crippen molar-refractivity contribution in [2.24, 2.45) is 0 Å². The van der Waals surface area contributed by atoms with E-state index in [2.05, 4.69) is 0 Å². The third-order valence-electron chi connectivity index (χ3n) is 1.89. The lowest BCUT2D eigenvalue weighted by Gasteiger charge is -2.03. The highest BCUT2D eigenvalue weighted by Crippen LogP contribution is 2.00. The van der Waals surface area contributed by atoms with Crippen molar-refractivity contribution in [2.45, 2.75) is 39.5 Å². The minimum absolute atomic E-state index is 0.0767. The first-order chi connectivity index (χ1) is 7.76. The van der Waals surface area contributed by atoms with Crippen LogP contribution in [0.4, 0.5) is 0 Å². The summed E-state index contributed by atoms with van der Waals surface area (Å²) in [6, 6.07) is 1.77. The molecule has 0 saturated heterocycles. The smallest absolute Gasteiger partial charge is 0.352 e. The fourth-order valence-corrected chi connectivity index (χ4v) is 0.877. The quantitative estimate of drug-likeness (QED) is 0.209. The molecule has 90 valence electrons. The maximum absolute atomic E-state index is 11.3. The number of hydrogen-bond donors (Lipinski definition) is 0. The molecular weight excluding hydrogens is 206 g/mol. The van der Waals surface area contributed by atoms with E-state index < -0.39 is 5.97 Å². The number of carbonyl (C=O) groups is 1. The van der Waals surface area contributed by atoms with Crippen LogP contribution in [0.2, 0.25) is 0 Å². The van der Waals surface area contributed by atoms with Gasteiger partial charge in [-0.1, -0.05) is 26.7 Å². The molecule has 4 nitrogen and oxygen atoms in total. The van der Waals surface area contributed by atoms with Crippen LogP contribution in [0, 0.1) is 11.3 Å². The van der Waals surface area contributed by atoms with Gasteiger partial charge in [0.1, 0.15) is 12.3 Å². The summed E-state index contributed by atoms with van der Waals surface area (Å²) in [4.78, 5) is 11.3. The van der Waals surface area contributed by atoms with E-state index in [1.165, 1.54) is 6.26 Å². The molecule has 16 heavy (non-hydrogen) atoms. The highest BCUT2D eigenvalue weighted by atomic mass is 16.5. The van der Waals surface area contributed by atoms with Crippen LogP contribution in [-0.2, 0) is 14.3 Å². The molecule has 0 amide bonds. The van der Waals surface area contributed by atoms with Gasteiger partial charge in [0.2, 0.25) is 0 Å². The number of ether oxygens (including phenoxy) is 2. The number of rotatable bonds is 8. The zero-order valence-corrected chi connectivity index (χ0v) is 9.99. The number of esters is 1. The van der Waals surface area contributed by atoms with E-state index in [-0.39, 0.29) is 5.57 Å². The molecule has 0 aliphatic carbocycles. The molecule has 0 spiro atoms. The van der Waals surface area contributed by atoms with Gasteiger partial charge >= 0.3 is 5.97 Å². The number of nitriles is 1. The maximum Gasteiger partial charge on any atom is 0.352 e. The molecular formula is C12H19NO3. The molecule has 0 unspecified atom stereocenters. The lowest BCUT2D eigenvalue weighted by atomic mass is 10.3. The summed E-state index contributed by atoms with van der Waals surface area (Å²) >= 11 is 0. The molecule has 0 aliphatic heterocycles. The molecule has 4 heteroatoms. The monoisotopic (exact) mass is 225 g/mol. The van der Waals surface area contributed by atoms with Crippen molar-refractivity contribution in [3.63, 3.8) is 0 Å². The number of carbonyl (C=O) groups excluding carboxylic acids is 1. The predicted octanol–water partition coefficient (Wildman–Crippen LogP) is 2.55. The van der Waals surface area contributed by atoms with Crippen LogP contribution in [0.3, 0.4) is 0 Å². The van der Waals surface area contributed by atoms with Crippen molar-refractivity contribution in [2.75, 3.05) is 13.2 Å². The average molecular weight is 225 g/mol. The fraction of sp³-hybridized carbons (Fsp3) is 0.667. The van der Waals surface area contributed by atoms with Gasteiger partial charge in [-0.15, -0.1) is 0 Å². The van der Waals surface area contributed by atoms with Gasteiger partial charge in [-0.05, 0) is 12.8 Å². The first-order valence-electron chi connectivity index (χ1n) is 5.65. The van der Waals surface area contributed by atoms with Crippen molar-refractivity contribution in [1.29, 1.82) is 5.26 Å². The topological polar surface area (TPSA) is 59.3 Å². The Labute approximate surface area is 96.8 Å². The van der Waals surface area contributed by atoms with E-state index in [9.17, 15) is 4.79 Å². The molecule has 0 saturated carbocycles. The second-order valence-electron chi connectivity index (χ2n) is 3.36. The number of unbranched alkanes of at least 4 members (excludes halogenated alkanes) is 2. The molecule has 0 aliphatic rings. The number of hydrogen-bond acceptors (Lipinski definition) is 4. The Hall–Kier alpha value is -1.50. The molecule has 0 fully saturated rings. The van der Waals surface area contributed by atoms with E-state index >= 15 is 0 Å². The molecule has 0 rings (SSSR count). The van der Waals surface area contributed by atoms with Gasteiger partial charge in [-0.2, -0.15) is 5.26 Å². The van der Waals surface area contributed by atoms with E-state index in [0.717, 1.165) is 25.7 Å². The Kier molecular flexibility index (Phi) is 9.09. The van der Waals surface area contributed by atoms with Crippen LogP contribution in [0.25, 0.3) is 0 Å². The predicted molar refractivity (Wildman–Crippen MR) is 60.4 cm³/mol. The Morgan fingerprint density at radius 3 is 2.44 bits per heavy atom. The second-order valence-corrected chi connectivity index (χ2v) is 3.36. The largest absolute Gasteiger partial charge is 0.500 e.